The first-order valence-corrected chi connectivity index (χ1v) is 12.9. The van der Waals surface area contributed by atoms with E-state index < -0.39 is 11.9 Å². The number of H-pyrrole nitrogens is 1. The van der Waals surface area contributed by atoms with Gasteiger partial charge in [-0.05, 0) is 61.7 Å². The van der Waals surface area contributed by atoms with Crippen molar-refractivity contribution in [3.8, 4) is 22.5 Å². The van der Waals surface area contributed by atoms with Crippen molar-refractivity contribution in [2.75, 3.05) is 31.2 Å². The number of aromatic amines is 1. The van der Waals surface area contributed by atoms with E-state index in [0.29, 0.717) is 42.7 Å². The molecule has 0 amide bonds. The lowest BCUT2D eigenvalue weighted by atomic mass is 9.95. The van der Waals surface area contributed by atoms with E-state index in [9.17, 15) is 9.50 Å². The molecule has 2 aliphatic heterocycles. The molecule has 3 N–H and O–H groups in total. The smallest absolute Gasteiger partial charge is 0.142 e. The zero-order chi connectivity index (χ0) is 25.7. The number of fused-ring (bicyclic) bond motifs is 1. The standard InChI is InChI=1S/C28H29ClFN5O2/c1-15-3-4-22-24(7-15)34-28(33-22)26-16(2)31-11-21(17-8-18(29)10-19(30)9-17)27(26)35-6-5-23(25(36)12-35)32-20-13-37-14-20/h3-4,7-11,20,23,25,32,36H,5-6,12-14H2,1-2H3,(H,33,34)/t23-,25+/m1/s1. The molecule has 0 unspecified atom stereocenters. The highest BCUT2D eigenvalue weighted by Gasteiger charge is 2.34. The second-order valence-corrected chi connectivity index (χ2v) is 10.5. The molecule has 4 aromatic rings. The van der Waals surface area contributed by atoms with Crippen molar-refractivity contribution in [2.24, 2.45) is 0 Å². The van der Waals surface area contributed by atoms with E-state index in [4.69, 9.17) is 21.3 Å². The predicted octanol–water partition coefficient (Wildman–Crippen LogP) is 4.63. The van der Waals surface area contributed by atoms with Crippen LogP contribution < -0.4 is 10.2 Å². The number of hydrogen-bond donors (Lipinski definition) is 3. The summed E-state index contributed by atoms with van der Waals surface area (Å²) >= 11 is 6.25. The van der Waals surface area contributed by atoms with Crippen molar-refractivity contribution in [2.45, 2.75) is 38.5 Å². The monoisotopic (exact) mass is 521 g/mol. The highest BCUT2D eigenvalue weighted by Crippen LogP contribution is 2.42. The Balaban J connectivity index is 1.48. The number of piperidine rings is 1. The quantitative estimate of drug-likeness (QED) is 0.355. The fourth-order valence-electron chi connectivity index (χ4n) is 5.33. The van der Waals surface area contributed by atoms with Crippen LogP contribution >= 0.6 is 11.6 Å². The van der Waals surface area contributed by atoms with E-state index in [1.54, 1.807) is 12.3 Å². The van der Waals surface area contributed by atoms with Gasteiger partial charge in [-0.15, -0.1) is 0 Å². The molecule has 2 saturated heterocycles. The highest BCUT2D eigenvalue weighted by molar-refractivity contribution is 6.30. The maximum Gasteiger partial charge on any atom is 0.142 e. The summed E-state index contributed by atoms with van der Waals surface area (Å²) in [6, 6.07) is 10.9. The molecule has 0 radical (unpaired) electrons. The molecule has 0 aliphatic carbocycles. The molecule has 9 heteroatoms. The largest absolute Gasteiger partial charge is 0.390 e. The molecule has 0 spiro atoms. The number of aliphatic hydroxyl groups is 1. The number of rotatable bonds is 5. The number of anilines is 1. The molecule has 2 aliphatic rings. The molecule has 4 heterocycles. The third kappa shape index (κ3) is 4.70. The van der Waals surface area contributed by atoms with Gasteiger partial charge in [-0.1, -0.05) is 17.7 Å². The molecule has 6 rings (SSSR count). The topological polar surface area (TPSA) is 86.3 Å². The van der Waals surface area contributed by atoms with Crippen LogP contribution in [0.2, 0.25) is 5.02 Å². The van der Waals surface area contributed by atoms with Crippen molar-refractivity contribution in [3.05, 3.63) is 64.7 Å². The maximum atomic E-state index is 14.4. The summed E-state index contributed by atoms with van der Waals surface area (Å²) in [6.07, 6.45) is 1.92. The summed E-state index contributed by atoms with van der Waals surface area (Å²) in [5, 5.41) is 15.0. The third-order valence-electron chi connectivity index (χ3n) is 7.27. The third-order valence-corrected chi connectivity index (χ3v) is 7.49. The Hall–Kier alpha value is -3.04. The lowest BCUT2D eigenvalue weighted by molar-refractivity contribution is -0.0214. The van der Waals surface area contributed by atoms with Crippen LogP contribution in [0, 0.1) is 19.7 Å². The number of aromatic nitrogens is 3. The second-order valence-electron chi connectivity index (χ2n) is 10.1. The van der Waals surface area contributed by atoms with Crippen molar-refractivity contribution in [1.29, 1.82) is 0 Å². The van der Waals surface area contributed by atoms with E-state index >= 15 is 0 Å². The molecular weight excluding hydrogens is 493 g/mol. The normalized spacial score (nSPS) is 20.4. The lowest BCUT2D eigenvalue weighted by Gasteiger charge is -2.41. The van der Waals surface area contributed by atoms with Crippen LogP contribution in [-0.4, -0.2) is 64.5 Å². The van der Waals surface area contributed by atoms with Crippen molar-refractivity contribution in [1.82, 2.24) is 20.3 Å². The van der Waals surface area contributed by atoms with E-state index in [0.717, 1.165) is 45.5 Å². The van der Waals surface area contributed by atoms with Crippen LogP contribution in [0.3, 0.4) is 0 Å². The number of hydrogen-bond acceptors (Lipinski definition) is 6. The van der Waals surface area contributed by atoms with Crippen molar-refractivity contribution < 1.29 is 14.2 Å². The molecule has 192 valence electrons. The van der Waals surface area contributed by atoms with Gasteiger partial charge >= 0.3 is 0 Å². The Bertz CT molecular complexity index is 1450. The molecule has 2 aromatic heterocycles. The number of aryl methyl sites for hydroxylation is 2. The summed E-state index contributed by atoms with van der Waals surface area (Å²) < 4.78 is 19.7. The minimum absolute atomic E-state index is 0.0159. The molecule has 2 aromatic carbocycles. The summed E-state index contributed by atoms with van der Waals surface area (Å²) in [7, 11) is 0. The van der Waals surface area contributed by atoms with Crippen molar-refractivity contribution in [3.63, 3.8) is 0 Å². The predicted molar refractivity (Wildman–Crippen MR) is 144 cm³/mol. The number of pyridine rings is 1. The molecule has 7 nitrogen and oxygen atoms in total. The summed E-state index contributed by atoms with van der Waals surface area (Å²) in [5.74, 6) is 0.270. The Kier molecular flexibility index (Phi) is 6.36. The van der Waals surface area contributed by atoms with E-state index in [-0.39, 0.29) is 12.1 Å². The molecular formula is C28H29ClFN5O2. The number of ether oxygens (including phenoxy) is 1. The summed E-state index contributed by atoms with van der Waals surface area (Å²) in [5.41, 5.74) is 6.77. The first kappa shape index (κ1) is 24.3. The van der Waals surface area contributed by atoms with Gasteiger partial charge < -0.3 is 25.0 Å². The average molecular weight is 522 g/mol. The second kappa shape index (κ2) is 9.68. The molecule has 0 bridgehead atoms. The molecule has 2 atom stereocenters. The zero-order valence-corrected chi connectivity index (χ0v) is 21.5. The zero-order valence-electron chi connectivity index (χ0n) is 20.8. The van der Waals surface area contributed by atoms with Crippen LogP contribution in [0.1, 0.15) is 17.7 Å². The van der Waals surface area contributed by atoms with Gasteiger partial charge in [0.25, 0.3) is 0 Å². The minimum Gasteiger partial charge on any atom is -0.390 e. The minimum atomic E-state index is -0.585. The van der Waals surface area contributed by atoms with Gasteiger partial charge in [0.05, 0.1) is 53.3 Å². The number of aliphatic hydroxyl groups excluding tert-OH is 1. The average Bonchev–Trinajstić information content (AvgIpc) is 3.24. The van der Waals surface area contributed by atoms with Crippen LogP contribution in [0.5, 0.6) is 0 Å². The van der Waals surface area contributed by atoms with Gasteiger partial charge in [-0.3, -0.25) is 4.98 Å². The first-order valence-electron chi connectivity index (χ1n) is 12.6. The Morgan fingerprint density at radius 3 is 2.76 bits per heavy atom. The van der Waals surface area contributed by atoms with Crippen LogP contribution in [0.25, 0.3) is 33.5 Å². The molecule has 37 heavy (non-hydrogen) atoms. The Morgan fingerprint density at radius 2 is 2.03 bits per heavy atom. The van der Waals surface area contributed by atoms with Crippen molar-refractivity contribution >= 4 is 28.3 Å². The van der Waals surface area contributed by atoms with Crippen LogP contribution in [-0.2, 0) is 4.74 Å². The molecule has 0 saturated carbocycles. The SMILES string of the molecule is Cc1ccc2nc(-c3c(C)ncc(-c4cc(F)cc(Cl)c4)c3N3CC[C@@H](NC4COC4)[C@@H](O)C3)[nH]c2c1. The lowest BCUT2D eigenvalue weighted by Crippen LogP contribution is -2.59. The number of halogens is 2. The van der Waals surface area contributed by atoms with Crippen LogP contribution in [0.4, 0.5) is 10.1 Å². The Morgan fingerprint density at radius 1 is 1.19 bits per heavy atom. The summed E-state index contributed by atoms with van der Waals surface area (Å²) in [4.78, 5) is 15.2. The van der Waals surface area contributed by atoms with Crippen LogP contribution in [0.15, 0.2) is 42.6 Å². The first-order chi connectivity index (χ1) is 17.9. The number of β-amino-alcohol motifs (C(OH)–C–C–N with tert-alkyl or cyclic N) is 1. The molecule has 2 fully saturated rings. The van der Waals surface area contributed by atoms with E-state index in [1.165, 1.54) is 12.1 Å². The Labute approximate surface area is 219 Å². The fraction of sp³-hybridized carbons (Fsp3) is 0.357. The van der Waals surface area contributed by atoms with Gasteiger partial charge in [-0.25, -0.2) is 9.37 Å². The number of nitrogens with one attached hydrogen (secondary N) is 2. The maximum absolute atomic E-state index is 14.4. The highest BCUT2D eigenvalue weighted by atomic mass is 35.5. The fourth-order valence-corrected chi connectivity index (χ4v) is 5.55. The number of benzene rings is 2. The summed E-state index contributed by atoms with van der Waals surface area (Å²) in [6.45, 7) is 6.46. The van der Waals surface area contributed by atoms with E-state index in [1.807, 2.05) is 26.0 Å². The number of imidazole rings is 1. The van der Waals surface area contributed by atoms with Gasteiger partial charge in [0.15, 0.2) is 0 Å². The van der Waals surface area contributed by atoms with Gasteiger partial charge in [0.2, 0.25) is 0 Å². The van der Waals surface area contributed by atoms with E-state index in [2.05, 4.69) is 26.3 Å². The number of nitrogens with zero attached hydrogens (tertiary/aromatic N) is 3. The van der Waals surface area contributed by atoms with Gasteiger partial charge in [-0.2, -0.15) is 0 Å². The van der Waals surface area contributed by atoms with Gasteiger partial charge in [0.1, 0.15) is 11.6 Å². The van der Waals surface area contributed by atoms with Gasteiger partial charge in [0, 0.05) is 35.9 Å².